The van der Waals surface area contributed by atoms with Crippen LogP contribution in [0.4, 0.5) is 0 Å². The summed E-state index contributed by atoms with van der Waals surface area (Å²) in [5.74, 6) is 2.41. The molecule has 124 valence electrons. The Balaban J connectivity index is 0.00000132. The molecule has 0 fully saturated rings. The van der Waals surface area contributed by atoms with E-state index in [4.69, 9.17) is 14.2 Å². The highest BCUT2D eigenvalue weighted by molar-refractivity contribution is 5.85. The minimum atomic E-state index is 0. The smallest absolute Gasteiger partial charge is 0.204 e. The first-order chi connectivity index (χ1) is 10.3. The Morgan fingerprint density at radius 3 is 2.26 bits per heavy atom. The zero-order chi connectivity index (χ0) is 14.8. The van der Waals surface area contributed by atoms with Crippen LogP contribution in [0.1, 0.15) is 0 Å². The number of pyridine rings is 1. The number of methoxy groups -OCH3 is 3. The first kappa shape index (κ1) is 18.9. The fourth-order valence-electron chi connectivity index (χ4n) is 2.27. The van der Waals surface area contributed by atoms with Crippen LogP contribution in [0.15, 0.2) is 30.6 Å². The van der Waals surface area contributed by atoms with Crippen molar-refractivity contribution in [2.24, 2.45) is 0 Å². The van der Waals surface area contributed by atoms with Crippen molar-refractivity contribution in [3.05, 3.63) is 30.6 Å². The quantitative estimate of drug-likeness (QED) is 0.773. The molecule has 8 heteroatoms. The number of nitrogens with one attached hydrogen (secondary N) is 1. The Hall–Kier alpha value is -2.18. The highest BCUT2D eigenvalue weighted by Gasteiger charge is 2.19. The van der Waals surface area contributed by atoms with Crippen molar-refractivity contribution >= 4 is 35.8 Å². The second kappa shape index (κ2) is 7.89. The minimum absolute atomic E-state index is 0. The number of rotatable bonds is 4. The third-order valence-electron chi connectivity index (χ3n) is 3.24. The summed E-state index contributed by atoms with van der Waals surface area (Å²) in [6.07, 6.45) is 3.44. The molecule has 0 bridgehead atoms. The van der Waals surface area contributed by atoms with Gasteiger partial charge in [0.15, 0.2) is 11.5 Å². The van der Waals surface area contributed by atoms with Gasteiger partial charge in [0.25, 0.3) is 0 Å². The van der Waals surface area contributed by atoms with E-state index >= 15 is 0 Å². The SMILES string of the molecule is COc1ccc(-c2nc3ccncc3[nH]2)c(OC)c1OC.Cl.Cl. The summed E-state index contributed by atoms with van der Waals surface area (Å²) in [4.78, 5) is 11.9. The number of hydrogen-bond donors (Lipinski definition) is 1. The van der Waals surface area contributed by atoms with Gasteiger partial charge in [0.05, 0.1) is 44.1 Å². The van der Waals surface area contributed by atoms with E-state index in [1.54, 1.807) is 33.7 Å². The molecule has 0 saturated carbocycles. The van der Waals surface area contributed by atoms with E-state index in [1.807, 2.05) is 18.2 Å². The average Bonchev–Trinajstić information content (AvgIpc) is 2.96. The first-order valence-corrected chi connectivity index (χ1v) is 6.37. The molecular formula is C15H17Cl2N3O3. The van der Waals surface area contributed by atoms with Gasteiger partial charge in [-0.15, -0.1) is 24.8 Å². The van der Waals surface area contributed by atoms with Gasteiger partial charge in [-0.1, -0.05) is 0 Å². The largest absolute Gasteiger partial charge is 0.493 e. The lowest BCUT2D eigenvalue weighted by molar-refractivity contribution is 0.325. The number of hydrogen-bond acceptors (Lipinski definition) is 5. The van der Waals surface area contributed by atoms with Gasteiger partial charge in [-0.3, -0.25) is 4.98 Å². The van der Waals surface area contributed by atoms with Crippen molar-refractivity contribution in [3.63, 3.8) is 0 Å². The third kappa shape index (κ3) is 3.28. The van der Waals surface area contributed by atoms with Gasteiger partial charge in [-0.2, -0.15) is 0 Å². The van der Waals surface area contributed by atoms with Crippen molar-refractivity contribution in [2.45, 2.75) is 0 Å². The van der Waals surface area contributed by atoms with Crippen LogP contribution >= 0.6 is 24.8 Å². The number of fused-ring (bicyclic) bond motifs is 1. The Morgan fingerprint density at radius 2 is 1.65 bits per heavy atom. The molecule has 23 heavy (non-hydrogen) atoms. The summed E-state index contributed by atoms with van der Waals surface area (Å²) in [6, 6.07) is 5.55. The topological polar surface area (TPSA) is 69.3 Å². The standard InChI is InChI=1S/C15H15N3O3.2ClH/c1-19-12-5-4-9(13(20-2)14(12)21-3)15-17-10-6-7-16-8-11(10)18-15;;/h4-8H,1-3H3,(H,17,18);2*1H. The van der Waals surface area contributed by atoms with E-state index in [0.717, 1.165) is 16.6 Å². The van der Waals surface area contributed by atoms with Gasteiger partial charge in [-0.25, -0.2) is 4.98 Å². The zero-order valence-corrected chi connectivity index (χ0v) is 14.5. The summed E-state index contributed by atoms with van der Waals surface area (Å²) in [5, 5.41) is 0. The lowest BCUT2D eigenvalue weighted by Crippen LogP contribution is -1.97. The number of nitrogens with zero attached hydrogens (tertiary/aromatic N) is 2. The molecule has 0 saturated heterocycles. The van der Waals surface area contributed by atoms with Crippen LogP contribution in [-0.4, -0.2) is 36.3 Å². The van der Waals surface area contributed by atoms with Crippen LogP contribution in [-0.2, 0) is 0 Å². The molecule has 1 N–H and O–H groups in total. The van der Waals surface area contributed by atoms with Gasteiger partial charge in [0, 0.05) is 6.20 Å². The molecule has 3 aromatic rings. The Morgan fingerprint density at radius 1 is 0.913 bits per heavy atom. The van der Waals surface area contributed by atoms with Crippen LogP contribution in [0.25, 0.3) is 22.4 Å². The fourth-order valence-corrected chi connectivity index (χ4v) is 2.27. The fraction of sp³-hybridized carbons (Fsp3) is 0.200. The molecular weight excluding hydrogens is 341 g/mol. The maximum absolute atomic E-state index is 5.48. The van der Waals surface area contributed by atoms with Gasteiger partial charge >= 0.3 is 0 Å². The van der Waals surface area contributed by atoms with E-state index in [9.17, 15) is 0 Å². The van der Waals surface area contributed by atoms with E-state index < -0.39 is 0 Å². The van der Waals surface area contributed by atoms with Crippen molar-refractivity contribution in [2.75, 3.05) is 21.3 Å². The highest BCUT2D eigenvalue weighted by atomic mass is 35.5. The molecule has 2 aromatic heterocycles. The number of imidazole rings is 1. The number of halogens is 2. The summed E-state index contributed by atoms with van der Waals surface area (Å²) in [5.41, 5.74) is 2.51. The predicted molar refractivity (Wildman–Crippen MR) is 93.5 cm³/mol. The molecule has 0 atom stereocenters. The molecule has 0 spiro atoms. The maximum Gasteiger partial charge on any atom is 0.204 e. The van der Waals surface area contributed by atoms with E-state index in [1.165, 1.54) is 0 Å². The molecule has 0 aliphatic heterocycles. The number of benzene rings is 1. The van der Waals surface area contributed by atoms with Crippen LogP contribution in [0.3, 0.4) is 0 Å². The number of aromatic nitrogens is 3. The van der Waals surface area contributed by atoms with Gasteiger partial charge in [0.1, 0.15) is 5.82 Å². The van der Waals surface area contributed by atoms with Crippen molar-refractivity contribution in [1.82, 2.24) is 15.0 Å². The summed E-state index contributed by atoms with van der Waals surface area (Å²) in [6.45, 7) is 0. The second-order valence-corrected chi connectivity index (χ2v) is 4.36. The van der Waals surface area contributed by atoms with E-state index in [2.05, 4.69) is 15.0 Å². The highest BCUT2D eigenvalue weighted by Crippen LogP contribution is 2.43. The minimum Gasteiger partial charge on any atom is -0.493 e. The maximum atomic E-state index is 5.48. The number of ether oxygens (including phenoxy) is 3. The normalized spacial score (nSPS) is 9.70. The summed E-state index contributed by atoms with van der Waals surface area (Å²) < 4.78 is 16.2. The van der Waals surface area contributed by atoms with Gasteiger partial charge < -0.3 is 19.2 Å². The van der Waals surface area contributed by atoms with Crippen molar-refractivity contribution < 1.29 is 14.2 Å². The van der Waals surface area contributed by atoms with Crippen LogP contribution in [0, 0.1) is 0 Å². The molecule has 0 aliphatic carbocycles. The molecule has 0 aliphatic rings. The molecule has 0 amide bonds. The Kier molecular flexibility index (Phi) is 6.48. The molecule has 1 aromatic carbocycles. The molecule has 0 unspecified atom stereocenters. The molecule has 0 radical (unpaired) electrons. The predicted octanol–water partition coefficient (Wildman–Crippen LogP) is 3.49. The average molecular weight is 358 g/mol. The second-order valence-electron chi connectivity index (χ2n) is 4.36. The van der Waals surface area contributed by atoms with Gasteiger partial charge in [-0.05, 0) is 18.2 Å². The van der Waals surface area contributed by atoms with Gasteiger partial charge in [0.2, 0.25) is 5.75 Å². The van der Waals surface area contributed by atoms with Crippen molar-refractivity contribution in [1.29, 1.82) is 0 Å². The van der Waals surface area contributed by atoms with Crippen molar-refractivity contribution in [3.8, 4) is 28.6 Å². The number of aromatic amines is 1. The molecule has 2 heterocycles. The summed E-state index contributed by atoms with van der Waals surface area (Å²) in [7, 11) is 4.75. The van der Waals surface area contributed by atoms with Crippen LogP contribution < -0.4 is 14.2 Å². The molecule has 3 rings (SSSR count). The Bertz CT molecular complexity index is 760. The third-order valence-corrected chi connectivity index (χ3v) is 3.24. The molecule has 6 nitrogen and oxygen atoms in total. The van der Waals surface area contributed by atoms with Crippen LogP contribution in [0.2, 0.25) is 0 Å². The first-order valence-electron chi connectivity index (χ1n) is 6.37. The van der Waals surface area contributed by atoms with E-state index in [-0.39, 0.29) is 24.8 Å². The monoisotopic (exact) mass is 357 g/mol. The Labute approximate surface area is 146 Å². The van der Waals surface area contributed by atoms with Crippen LogP contribution in [0.5, 0.6) is 17.2 Å². The lowest BCUT2D eigenvalue weighted by Gasteiger charge is -2.14. The zero-order valence-electron chi connectivity index (χ0n) is 12.8. The lowest BCUT2D eigenvalue weighted by atomic mass is 10.1. The van der Waals surface area contributed by atoms with E-state index in [0.29, 0.717) is 23.1 Å². The number of H-pyrrole nitrogens is 1. The summed E-state index contributed by atoms with van der Waals surface area (Å²) >= 11 is 0.